The summed E-state index contributed by atoms with van der Waals surface area (Å²) in [5.74, 6) is 1.05. The highest BCUT2D eigenvalue weighted by Crippen LogP contribution is 2.57. The average Bonchev–Trinajstić information content (AvgIpc) is 2.94. The van der Waals surface area contributed by atoms with E-state index in [0.717, 1.165) is 38.9 Å². The number of hydrogen-bond acceptors (Lipinski definition) is 3. The van der Waals surface area contributed by atoms with Gasteiger partial charge >= 0.3 is 5.97 Å². The van der Waals surface area contributed by atoms with Crippen molar-refractivity contribution in [2.75, 3.05) is 13.1 Å². The minimum atomic E-state index is 0.0412. The lowest BCUT2D eigenvalue weighted by Crippen LogP contribution is -2.46. The molecule has 0 unspecified atom stereocenters. The maximum atomic E-state index is 12.8. The van der Waals surface area contributed by atoms with Gasteiger partial charge in [-0.05, 0) is 61.0 Å². The minimum absolute atomic E-state index is 0.0412. The van der Waals surface area contributed by atoms with Gasteiger partial charge in [0, 0.05) is 25.6 Å². The second-order valence-corrected chi connectivity index (χ2v) is 9.66. The normalized spacial score (nSPS) is 38.7. The van der Waals surface area contributed by atoms with Gasteiger partial charge in [-0.3, -0.25) is 9.69 Å². The Labute approximate surface area is 162 Å². The topological polar surface area (TPSA) is 29.5 Å². The van der Waals surface area contributed by atoms with Gasteiger partial charge in [-0.15, -0.1) is 0 Å². The van der Waals surface area contributed by atoms with E-state index in [1.807, 2.05) is 0 Å². The molecule has 4 aliphatic rings. The van der Waals surface area contributed by atoms with Gasteiger partial charge in [-0.2, -0.15) is 0 Å². The molecule has 0 N–H and O–H groups in total. The van der Waals surface area contributed by atoms with Crippen molar-refractivity contribution in [3.05, 3.63) is 47.5 Å². The van der Waals surface area contributed by atoms with Crippen LogP contribution in [0.25, 0.3) is 0 Å². The molecule has 27 heavy (non-hydrogen) atoms. The summed E-state index contributed by atoms with van der Waals surface area (Å²) in [7, 11) is 0. The zero-order valence-electron chi connectivity index (χ0n) is 16.5. The van der Waals surface area contributed by atoms with Gasteiger partial charge in [0.05, 0.1) is 5.92 Å². The van der Waals surface area contributed by atoms with Crippen molar-refractivity contribution in [2.45, 2.75) is 58.1 Å². The van der Waals surface area contributed by atoms with Gasteiger partial charge < -0.3 is 4.74 Å². The van der Waals surface area contributed by atoms with Gasteiger partial charge in [0.25, 0.3) is 0 Å². The SMILES string of the molecule is C=C1CCC[C@]2(C)C[C@H]3OC(=O)[C@H](CN4CCc5ccccc5C4)[C@H]3C[C@H]12. The number of hydrogen-bond donors (Lipinski definition) is 0. The predicted octanol–water partition coefficient (Wildman–Crippen LogP) is 4.36. The number of fused-ring (bicyclic) bond motifs is 3. The summed E-state index contributed by atoms with van der Waals surface area (Å²) >= 11 is 0. The van der Waals surface area contributed by atoms with Crippen molar-refractivity contribution in [1.29, 1.82) is 0 Å². The molecule has 2 aliphatic carbocycles. The molecule has 2 aliphatic heterocycles. The number of carbonyl (C=O) groups excluding carboxylic acids is 1. The van der Waals surface area contributed by atoms with Crippen molar-refractivity contribution in [3.8, 4) is 0 Å². The van der Waals surface area contributed by atoms with Crippen LogP contribution in [0.1, 0.15) is 50.2 Å². The first-order valence-electron chi connectivity index (χ1n) is 10.7. The summed E-state index contributed by atoms with van der Waals surface area (Å²) in [5, 5.41) is 0. The molecule has 3 nitrogen and oxygen atoms in total. The van der Waals surface area contributed by atoms with Crippen LogP contribution < -0.4 is 0 Å². The third-order valence-corrected chi connectivity index (χ3v) is 7.98. The van der Waals surface area contributed by atoms with Gasteiger partial charge in [-0.1, -0.05) is 43.3 Å². The number of rotatable bonds is 2. The molecule has 0 bridgehead atoms. The molecule has 144 valence electrons. The van der Waals surface area contributed by atoms with Gasteiger partial charge in [0.2, 0.25) is 0 Å². The number of carbonyl (C=O) groups is 1. The second kappa shape index (κ2) is 6.48. The molecule has 0 radical (unpaired) electrons. The lowest BCUT2D eigenvalue weighted by Gasteiger charge is -2.50. The molecule has 0 spiro atoms. The van der Waals surface area contributed by atoms with E-state index in [-0.39, 0.29) is 23.4 Å². The van der Waals surface area contributed by atoms with Crippen LogP contribution in [0.5, 0.6) is 0 Å². The van der Waals surface area contributed by atoms with Crippen LogP contribution in [0.15, 0.2) is 36.4 Å². The number of benzene rings is 1. The van der Waals surface area contributed by atoms with E-state index < -0.39 is 0 Å². The monoisotopic (exact) mass is 365 g/mol. The zero-order chi connectivity index (χ0) is 18.6. The highest BCUT2D eigenvalue weighted by atomic mass is 16.6. The Balaban J connectivity index is 1.32. The third kappa shape index (κ3) is 2.95. The van der Waals surface area contributed by atoms with Gasteiger partial charge in [0.1, 0.15) is 6.10 Å². The Hall–Kier alpha value is -1.61. The fraction of sp³-hybridized carbons (Fsp3) is 0.625. The Morgan fingerprint density at radius 3 is 2.93 bits per heavy atom. The summed E-state index contributed by atoms with van der Waals surface area (Å²) in [5.41, 5.74) is 4.60. The summed E-state index contributed by atoms with van der Waals surface area (Å²) < 4.78 is 5.94. The van der Waals surface area contributed by atoms with Crippen LogP contribution >= 0.6 is 0 Å². The van der Waals surface area contributed by atoms with E-state index in [0.29, 0.717) is 11.8 Å². The molecule has 3 fully saturated rings. The predicted molar refractivity (Wildman–Crippen MR) is 106 cm³/mol. The number of ether oxygens (including phenoxy) is 1. The molecule has 1 saturated heterocycles. The third-order valence-electron chi connectivity index (χ3n) is 7.98. The Kier molecular flexibility index (Phi) is 4.19. The van der Waals surface area contributed by atoms with Crippen LogP contribution in [-0.2, 0) is 22.5 Å². The van der Waals surface area contributed by atoms with Crippen LogP contribution in [-0.4, -0.2) is 30.1 Å². The van der Waals surface area contributed by atoms with E-state index in [9.17, 15) is 4.79 Å². The fourth-order valence-corrected chi connectivity index (χ4v) is 6.45. The first-order chi connectivity index (χ1) is 13.0. The van der Waals surface area contributed by atoms with Crippen molar-refractivity contribution >= 4 is 5.97 Å². The van der Waals surface area contributed by atoms with Gasteiger partial charge in [-0.25, -0.2) is 0 Å². The fourth-order valence-electron chi connectivity index (χ4n) is 6.45. The molecule has 2 saturated carbocycles. The number of esters is 1. The van der Waals surface area contributed by atoms with Crippen molar-refractivity contribution in [2.24, 2.45) is 23.2 Å². The van der Waals surface area contributed by atoms with E-state index in [1.165, 1.54) is 36.0 Å². The lowest BCUT2D eigenvalue weighted by molar-refractivity contribution is -0.146. The standard InChI is InChI=1S/C24H31NO2/c1-16-6-5-10-24(2)13-22-19(12-21(16)24)20(23(26)27-22)15-25-11-9-17-7-3-4-8-18(17)14-25/h3-4,7-8,19-22H,1,5-6,9-15H2,2H3/t19-,20-,21-,22-,24-/m1/s1. The average molecular weight is 366 g/mol. The highest BCUT2D eigenvalue weighted by molar-refractivity contribution is 5.75. The largest absolute Gasteiger partial charge is 0.462 e. The van der Waals surface area contributed by atoms with Crippen LogP contribution in [0.3, 0.4) is 0 Å². The van der Waals surface area contributed by atoms with E-state index >= 15 is 0 Å². The highest BCUT2D eigenvalue weighted by Gasteiger charge is 2.55. The minimum Gasteiger partial charge on any atom is -0.462 e. The van der Waals surface area contributed by atoms with E-state index in [2.05, 4.69) is 42.7 Å². The second-order valence-electron chi connectivity index (χ2n) is 9.66. The van der Waals surface area contributed by atoms with Crippen molar-refractivity contribution < 1.29 is 9.53 Å². The molecule has 0 aromatic heterocycles. The molecule has 1 aromatic rings. The van der Waals surface area contributed by atoms with Crippen LogP contribution in [0, 0.1) is 23.2 Å². The van der Waals surface area contributed by atoms with E-state index in [1.54, 1.807) is 0 Å². The molecule has 0 amide bonds. The molecule has 5 rings (SSSR count). The van der Waals surface area contributed by atoms with Crippen molar-refractivity contribution in [3.63, 3.8) is 0 Å². The Morgan fingerprint density at radius 2 is 2.07 bits per heavy atom. The summed E-state index contributed by atoms with van der Waals surface area (Å²) in [6.07, 6.45) is 7.02. The maximum Gasteiger partial charge on any atom is 0.310 e. The molecule has 2 heterocycles. The Morgan fingerprint density at radius 1 is 1.26 bits per heavy atom. The molecular weight excluding hydrogens is 334 g/mol. The van der Waals surface area contributed by atoms with E-state index in [4.69, 9.17) is 4.74 Å². The summed E-state index contributed by atoms with van der Waals surface area (Å²) in [4.78, 5) is 15.3. The Bertz CT molecular complexity index is 771. The molecule has 3 heteroatoms. The molecule has 1 aromatic carbocycles. The maximum absolute atomic E-state index is 12.8. The smallest absolute Gasteiger partial charge is 0.310 e. The molecular formula is C24H31NO2. The summed E-state index contributed by atoms with van der Waals surface area (Å²) in [6, 6.07) is 8.72. The van der Waals surface area contributed by atoms with Crippen molar-refractivity contribution in [1.82, 2.24) is 4.90 Å². The first kappa shape index (κ1) is 17.5. The lowest BCUT2D eigenvalue weighted by atomic mass is 9.55. The number of nitrogens with zero attached hydrogens (tertiary/aromatic N) is 1. The zero-order valence-corrected chi connectivity index (χ0v) is 16.5. The van der Waals surface area contributed by atoms with Gasteiger partial charge in [0.15, 0.2) is 0 Å². The number of allylic oxidation sites excluding steroid dienone is 1. The molecule has 5 atom stereocenters. The quantitative estimate of drug-likeness (QED) is 0.576. The van der Waals surface area contributed by atoms with Crippen LogP contribution in [0.2, 0.25) is 0 Å². The summed E-state index contributed by atoms with van der Waals surface area (Å²) in [6.45, 7) is 9.67. The first-order valence-corrected chi connectivity index (χ1v) is 10.7. The van der Waals surface area contributed by atoms with Crippen LogP contribution in [0.4, 0.5) is 0 Å².